The Bertz CT molecular complexity index is 681. The molecule has 1 amide bonds. The Hall–Kier alpha value is -2.34. The fraction of sp³-hybridized carbons (Fsp3) is 0.412. The molecule has 0 radical (unpaired) electrons. The van der Waals surface area contributed by atoms with E-state index >= 15 is 0 Å². The second kappa shape index (κ2) is 6.83. The van der Waals surface area contributed by atoms with Crippen LogP contribution in [0.5, 0.6) is 0 Å². The fourth-order valence-electron chi connectivity index (χ4n) is 3.10. The molecule has 1 saturated carbocycles. The Morgan fingerprint density at radius 1 is 1.35 bits per heavy atom. The summed E-state index contributed by atoms with van der Waals surface area (Å²) in [7, 11) is 1.87. The van der Waals surface area contributed by atoms with Crippen molar-refractivity contribution in [2.45, 2.75) is 31.7 Å². The van der Waals surface area contributed by atoms with Crippen molar-refractivity contribution in [3.05, 3.63) is 36.7 Å². The van der Waals surface area contributed by atoms with Gasteiger partial charge in [-0.3, -0.25) is 9.48 Å². The Morgan fingerprint density at radius 3 is 2.87 bits per heavy atom. The first kappa shape index (κ1) is 15.6. The van der Waals surface area contributed by atoms with Crippen molar-refractivity contribution < 1.29 is 4.79 Å². The molecule has 0 bridgehead atoms. The number of carbonyl (C=O) groups is 1. The number of nitrogens with zero attached hydrogens (tertiary/aromatic N) is 2. The summed E-state index contributed by atoms with van der Waals surface area (Å²) in [5, 5.41) is 10.3. The minimum atomic E-state index is 0.0332. The lowest BCUT2D eigenvalue weighted by atomic mass is 10.00. The zero-order valence-corrected chi connectivity index (χ0v) is 13.3. The van der Waals surface area contributed by atoms with Gasteiger partial charge >= 0.3 is 0 Å². The molecule has 23 heavy (non-hydrogen) atoms. The first-order valence-electron chi connectivity index (χ1n) is 8.01. The summed E-state index contributed by atoms with van der Waals surface area (Å²) in [6.45, 7) is 0. The summed E-state index contributed by atoms with van der Waals surface area (Å²) in [5.74, 6) is 0.345. The van der Waals surface area contributed by atoms with Crippen molar-refractivity contribution in [1.29, 1.82) is 0 Å². The van der Waals surface area contributed by atoms with Gasteiger partial charge in [0, 0.05) is 37.1 Å². The van der Waals surface area contributed by atoms with E-state index in [0.717, 1.165) is 36.3 Å². The zero-order chi connectivity index (χ0) is 16.2. The van der Waals surface area contributed by atoms with Gasteiger partial charge in [-0.05, 0) is 37.0 Å². The molecule has 0 spiro atoms. The summed E-state index contributed by atoms with van der Waals surface area (Å²) in [6.07, 6.45) is 7.37. The molecular formula is C17H23N5O. The van der Waals surface area contributed by atoms with Gasteiger partial charge in [-0.15, -0.1) is 0 Å². The van der Waals surface area contributed by atoms with Crippen LogP contribution in [0.4, 0.5) is 17.1 Å². The lowest BCUT2D eigenvalue weighted by Gasteiger charge is -2.15. The second-order valence-electron chi connectivity index (χ2n) is 6.22. The van der Waals surface area contributed by atoms with E-state index < -0.39 is 0 Å². The molecule has 0 saturated heterocycles. The standard InChI is InChI=1S/C17H23N5O/c1-22-11-15(10-19-22)20-13-5-3-6-14(9-13)21-17(23)8-12-4-2-7-16(12)18/h3,5-6,9-12,16,20H,2,4,7-8,18H2,1H3,(H,21,23)/t12-,16+/m0/s1. The number of amides is 1. The number of benzene rings is 1. The van der Waals surface area contributed by atoms with Crippen molar-refractivity contribution in [3.8, 4) is 0 Å². The molecule has 6 heteroatoms. The first-order valence-corrected chi connectivity index (χ1v) is 8.01. The van der Waals surface area contributed by atoms with E-state index in [9.17, 15) is 4.79 Å². The Morgan fingerprint density at radius 2 is 2.17 bits per heavy atom. The van der Waals surface area contributed by atoms with Gasteiger partial charge in [0.05, 0.1) is 11.9 Å². The third kappa shape index (κ3) is 4.10. The molecule has 1 heterocycles. The summed E-state index contributed by atoms with van der Waals surface area (Å²) < 4.78 is 1.73. The van der Waals surface area contributed by atoms with Gasteiger partial charge in [-0.25, -0.2) is 0 Å². The topological polar surface area (TPSA) is 85.0 Å². The van der Waals surface area contributed by atoms with Crippen molar-refractivity contribution in [2.24, 2.45) is 18.7 Å². The molecule has 2 aromatic rings. The van der Waals surface area contributed by atoms with E-state index in [1.165, 1.54) is 0 Å². The SMILES string of the molecule is Cn1cc(Nc2cccc(NC(=O)C[C@@H]3CCC[C@H]3N)c2)cn1. The third-order valence-corrected chi connectivity index (χ3v) is 4.31. The minimum Gasteiger partial charge on any atom is -0.353 e. The average molecular weight is 313 g/mol. The smallest absolute Gasteiger partial charge is 0.224 e. The summed E-state index contributed by atoms with van der Waals surface area (Å²) in [4.78, 5) is 12.2. The van der Waals surface area contributed by atoms with E-state index in [1.54, 1.807) is 10.9 Å². The van der Waals surface area contributed by atoms with Crippen LogP contribution < -0.4 is 16.4 Å². The van der Waals surface area contributed by atoms with E-state index in [2.05, 4.69) is 15.7 Å². The van der Waals surface area contributed by atoms with Crippen LogP contribution in [0.2, 0.25) is 0 Å². The highest BCUT2D eigenvalue weighted by molar-refractivity contribution is 5.91. The maximum Gasteiger partial charge on any atom is 0.224 e. The van der Waals surface area contributed by atoms with Crippen LogP contribution in [0.25, 0.3) is 0 Å². The molecule has 6 nitrogen and oxygen atoms in total. The molecule has 1 aromatic carbocycles. The predicted molar refractivity (Wildman–Crippen MR) is 91.5 cm³/mol. The minimum absolute atomic E-state index is 0.0332. The third-order valence-electron chi connectivity index (χ3n) is 4.31. The molecule has 1 fully saturated rings. The summed E-state index contributed by atoms with van der Waals surface area (Å²) >= 11 is 0. The fourth-order valence-corrected chi connectivity index (χ4v) is 3.10. The highest BCUT2D eigenvalue weighted by Crippen LogP contribution is 2.27. The lowest BCUT2D eigenvalue weighted by molar-refractivity contribution is -0.117. The number of rotatable bonds is 5. The molecule has 122 valence electrons. The van der Waals surface area contributed by atoms with Crippen LogP contribution in [-0.2, 0) is 11.8 Å². The number of anilines is 3. The van der Waals surface area contributed by atoms with Gasteiger partial charge in [0.1, 0.15) is 0 Å². The van der Waals surface area contributed by atoms with Crippen LogP contribution in [0, 0.1) is 5.92 Å². The lowest BCUT2D eigenvalue weighted by Crippen LogP contribution is -2.28. The van der Waals surface area contributed by atoms with E-state index in [-0.39, 0.29) is 11.9 Å². The first-order chi connectivity index (χ1) is 11.1. The average Bonchev–Trinajstić information content (AvgIpc) is 3.08. The quantitative estimate of drug-likeness (QED) is 0.792. The highest BCUT2D eigenvalue weighted by Gasteiger charge is 2.25. The summed E-state index contributed by atoms with van der Waals surface area (Å²) in [5.41, 5.74) is 8.64. The number of aryl methyl sites for hydroxylation is 1. The highest BCUT2D eigenvalue weighted by atomic mass is 16.1. The largest absolute Gasteiger partial charge is 0.353 e. The van der Waals surface area contributed by atoms with E-state index in [1.807, 2.05) is 37.5 Å². The number of carbonyl (C=O) groups excluding carboxylic acids is 1. The molecule has 1 aromatic heterocycles. The van der Waals surface area contributed by atoms with Crippen LogP contribution in [0.15, 0.2) is 36.7 Å². The zero-order valence-electron chi connectivity index (χ0n) is 13.3. The molecule has 3 rings (SSSR count). The summed E-state index contributed by atoms with van der Waals surface area (Å²) in [6, 6.07) is 7.84. The van der Waals surface area contributed by atoms with Crippen LogP contribution in [-0.4, -0.2) is 21.7 Å². The van der Waals surface area contributed by atoms with Gasteiger partial charge in [-0.2, -0.15) is 5.10 Å². The van der Waals surface area contributed by atoms with Gasteiger partial charge in [-0.1, -0.05) is 12.5 Å². The molecule has 1 aliphatic rings. The van der Waals surface area contributed by atoms with Gasteiger partial charge in [0.25, 0.3) is 0 Å². The number of aromatic nitrogens is 2. The van der Waals surface area contributed by atoms with Crippen LogP contribution in [0.3, 0.4) is 0 Å². The van der Waals surface area contributed by atoms with E-state index in [4.69, 9.17) is 5.73 Å². The maximum atomic E-state index is 12.2. The van der Waals surface area contributed by atoms with Crippen LogP contribution >= 0.6 is 0 Å². The number of nitrogens with one attached hydrogen (secondary N) is 2. The molecule has 2 atom stereocenters. The number of hydrogen-bond acceptors (Lipinski definition) is 4. The normalized spacial score (nSPS) is 20.4. The van der Waals surface area contributed by atoms with Gasteiger partial charge in [0.15, 0.2) is 0 Å². The van der Waals surface area contributed by atoms with Gasteiger partial charge in [0.2, 0.25) is 5.91 Å². The Labute approximate surface area is 136 Å². The molecule has 0 aliphatic heterocycles. The molecular weight excluding hydrogens is 290 g/mol. The van der Waals surface area contributed by atoms with Crippen LogP contribution in [0.1, 0.15) is 25.7 Å². The Kier molecular flexibility index (Phi) is 4.62. The van der Waals surface area contributed by atoms with Crippen molar-refractivity contribution >= 4 is 23.0 Å². The molecule has 0 unspecified atom stereocenters. The van der Waals surface area contributed by atoms with Gasteiger partial charge < -0.3 is 16.4 Å². The van der Waals surface area contributed by atoms with Crippen molar-refractivity contribution in [3.63, 3.8) is 0 Å². The molecule has 4 N–H and O–H groups in total. The van der Waals surface area contributed by atoms with Crippen molar-refractivity contribution in [1.82, 2.24) is 9.78 Å². The number of hydrogen-bond donors (Lipinski definition) is 3. The maximum absolute atomic E-state index is 12.2. The predicted octanol–water partition coefficient (Wildman–Crippen LogP) is 2.62. The number of nitrogens with two attached hydrogens (primary N) is 1. The second-order valence-corrected chi connectivity index (χ2v) is 6.22. The molecule has 1 aliphatic carbocycles. The van der Waals surface area contributed by atoms with Crippen molar-refractivity contribution in [2.75, 3.05) is 10.6 Å². The monoisotopic (exact) mass is 313 g/mol. The Balaban J connectivity index is 1.59. The van der Waals surface area contributed by atoms with E-state index in [0.29, 0.717) is 12.3 Å².